The van der Waals surface area contributed by atoms with Gasteiger partial charge < -0.3 is 14.3 Å². The summed E-state index contributed by atoms with van der Waals surface area (Å²) in [7, 11) is 0. The van der Waals surface area contributed by atoms with Crippen molar-refractivity contribution in [3.8, 4) is 0 Å². The smallest absolute Gasteiger partial charge is 0.157 e. The zero-order chi connectivity index (χ0) is 11.6. The second-order valence-corrected chi connectivity index (χ2v) is 4.63. The maximum atomic E-state index is 10.4. The zero-order valence-corrected chi connectivity index (χ0v) is 10.3. The molecule has 1 heterocycles. The molecular formula is C13H24O3. The fraction of sp³-hybridized carbons (Fsp3) is 0.923. The highest BCUT2D eigenvalue weighted by atomic mass is 16.7. The minimum atomic E-state index is 0.0649. The van der Waals surface area contributed by atoms with Gasteiger partial charge in [0.1, 0.15) is 6.29 Å². The standard InChI is InChI=1S/C13H24O3/c1-12(11-14)7-5-3-2-4-6-8-13-15-9-10-16-13/h11-13H,2-10H2,1H3. The van der Waals surface area contributed by atoms with Gasteiger partial charge in [-0.1, -0.05) is 32.6 Å². The molecule has 1 atom stereocenters. The lowest BCUT2D eigenvalue weighted by Gasteiger charge is -2.08. The van der Waals surface area contributed by atoms with Crippen LogP contribution in [-0.2, 0) is 14.3 Å². The molecule has 0 amide bonds. The predicted molar refractivity (Wildman–Crippen MR) is 63.2 cm³/mol. The lowest BCUT2D eigenvalue weighted by atomic mass is 10.0. The molecule has 1 fully saturated rings. The quantitative estimate of drug-likeness (QED) is 0.449. The van der Waals surface area contributed by atoms with Crippen molar-refractivity contribution in [2.24, 2.45) is 5.92 Å². The van der Waals surface area contributed by atoms with Crippen LogP contribution in [-0.4, -0.2) is 25.8 Å². The first-order valence-electron chi connectivity index (χ1n) is 6.51. The number of carbonyl (C=O) groups is 1. The third-order valence-electron chi connectivity index (χ3n) is 3.02. The van der Waals surface area contributed by atoms with E-state index >= 15 is 0 Å². The number of unbranched alkanes of at least 4 members (excludes halogenated alkanes) is 4. The van der Waals surface area contributed by atoms with E-state index in [1.54, 1.807) is 0 Å². The lowest BCUT2D eigenvalue weighted by molar-refractivity contribution is -0.110. The number of rotatable bonds is 9. The Bertz CT molecular complexity index is 176. The summed E-state index contributed by atoms with van der Waals surface area (Å²) in [5, 5.41) is 0. The van der Waals surface area contributed by atoms with E-state index in [1.807, 2.05) is 6.92 Å². The van der Waals surface area contributed by atoms with Crippen molar-refractivity contribution in [1.29, 1.82) is 0 Å². The predicted octanol–water partition coefficient (Wildman–Crippen LogP) is 2.93. The van der Waals surface area contributed by atoms with E-state index in [0.717, 1.165) is 32.3 Å². The Labute approximate surface area is 98.5 Å². The normalized spacial score (nSPS) is 18.8. The molecule has 1 aliphatic rings. The highest BCUT2D eigenvalue weighted by Gasteiger charge is 2.14. The minimum Gasteiger partial charge on any atom is -0.350 e. The van der Waals surface area contributed by atoms with Gasteiger partial charge >= 0.3 is 0 Å². The molecule has 3 nitrogen and oxygen atoms in total. The number of ether oxygens (including phenoxy) is 2. The highest BCUT2D eigenvalue weighted by Crippen LogP contribution is 2.15. The van der Waals surface area contributed by atoms with E-state index in [4.69, 9.17) is 9.47 Å². The Morgan fingerprint density at radius 3 is 2.44 bits per heavy atom. The van der Waals surface area contributed by atoms with Crippen LogP contribution in [0.25, 0.3) is 0 Å². The first-order chi connectivity index (χ1) is 7.83. The Balaban J connectivity index is 1.79. The van der Waals surface area contributed by atoms with Gasteiger partial charge in [0.15, 0.2) is 6.29 Å². The summed E-state index contributed by atoms with van der Waals surface area (Å²) in [5.74, 6) is 0.236. The van der Waals surface area contributed by atoms with Gasteiger partial charge in [-0.25, -0.2) is 0 Å². The molecule has 1 saturated heterocycles. The monoisotopic (exact) mass is 228 g/mol. The number of hydrogen-bond donors (Lipinski definition) is 0. The summed E-state index contributed by atoms with van der Waals surface area (Å²) in [5.41, 5.74) is 0. The molecule has 1 aliphatic heterocycles. The van der Waals surface area contributed by atoms with E-state index in [2.05, 4.69) is 0 Å². The maximum absolute atomic E-state index is 10.4. The minimum absolute atomic E-state index is 0.0649. The van der Waals surface area contributed by atoms with Gasteiger partial charge in [0.05, 0.1) is 13.2 Å². The third kappa shape index (κ3) is 6.23. The van der Waals surface area contributed by atoms with Crippen molar-refractivity contribution >= 4 is 6.29 Å². The molecule has 1 rings (SSSR count). The van der Waals surface area contributed by atoms with Crippen LogP contribution in [0.4, 0.5) is 0 Å². The maximum Gasteiger partial charge on any atom is 0.157 e. The van der Waals surface area contributed by atoms with Crippen molar-refractivity contribution in [2.45, 2.75) is 58.2 Å². The fourth-order valence-corrected chi connectivity index (χ4v) is 1.95. The van der Waals surface area contributed by atoms with Crippen molar-refractivity contribution in [2.75, 3.05) is 13.2 Å². The molecule has 0 aromatic carbocycles. The third-order valence-corrected chi connectivity index (χ3v) is 3.02. The molecule has 0 N–H and O–H groups in total. The largest absolute Gasteiger partial charge is 0.350 e. The second kappa shape index (κ2) is 8.71. The molecule has 0 radical (unpaired) electrons. The molecule has 94 valence electrons. The van der Waals surface area contributed by atoms with E-state index in [1.165, 1.54) is 32.1 Å². The van der Waals surface area contributed by atoms with Crippen LogP contribution in [0.3, 0.4) is 0 Å². The molecule has 16 heavy (non-hydrogen) atoms. The average molecular weight is 228 g/mol. The average Bonchev–Trinajstić information content (AvgIpc) is 2.80. The summed E-state index contributed by atoms with van der Waals surface area (Å²) in [6.07, 6.45) is 9.30. The van der Waals surface area contributed by atoms with E-state index < -0.39 is 0 Å². The van der Waals surface area contributed by atoms with Crippen molar-refractivity contribution in [3.63, 3.8) is 0 Å². The first-order valence-corrected chi connectivity index (χ1v) is 6.51. The van der Waals surface area contributed by atoms with Crippen molar-refractivity contribution < 1.29 is 14.3 Å². The van der Waals surface area contributed by atoms with Crippen LogP contribution in [0.15, 0.2) is 0 Å². The summed E-state index contributed by atoms with van der Waals surface area (Å²) in [4.78, 5) is 10.4. The van der Waals surface area contributed by atoms with Gasteiger partial charge in [0, 0.05) is 5.92 Å². The molecule has 0 aliphatic carbocycles. The van der Waals surface area contributed by atoms with Crippen molar-refractivity contribution in [3.05, 3.63) is 0 Å². The Hall–Kier alpha value is -0.410. The van der Waals surface area contributed by atoms with Gasteiger partial charge in [0.2, 0.25) is 0 Å². The summed E-state index contributed by atoms with van der Waals surface area (Å²) in [6.45, 7) is 3.50. The Morgan fingerprint density at radius 1 is 1.12 bits per heavy atom. The number of hydrogen-bond acceptors (Lipinski definition) is 3. The van der Waals surface area contributed by atoms with Gasteiger partial charge in [-0.2, -0.15) is 0 Å². The fourth-order valence-electron chi connectivity index (χ4n) is 1.95. The molecule has 0 spiro atoms. The van der Waals surface area contributed by atoms with Crippen LogP contribution in [0, 0.1) is 5.92 Å². The molecule has 1 unspecified atom stereocenters. The summed E-state index contributed by atoms with van der Waals surface area (Å²) >= 11 is 0. The molecule has 0 saturated carbocycles. The highest BCUT2D eigenvalue weighted by molar-refractivity contribution is 5.52. The molecule has 0 aromatic rings. The molecule has 0 bridgehead atoms. The number of carbonyl (C=O) groups excluding carboxylic acids is 1. The molecular weight excluding hydrogens is 204 g/mol. The van der Waals surface area contributed by atoms with E-state index in [9.17, 15) is 4.79 Å². The second-order valence-electron chi connectivity index (χ2n) is 4.63. The van der Waals surface area contributed by atoms with Gasteiger partial charge in [-0.15, -0.1) is 0 Å². The first kappa shape index (κ1) is 13.7. The van der Waals surface area contributed by atoms with Gasteiger partial charge in [0.25, 0.3) is 0 Å². The van der Waals surface area contributed by atoms with Crippen LogP contribution in [0.5, 0.6) is 0 Å². The molecule has 0 aromatic heterocycles. The number of aldehydes is 1. The van der Waals surface area contributed by atoms with E-state index in [-0.39, 0.29) is 12.2 Å². The molecule has 3 heteroatoms. The zero-order valence-electron chi connectivity index (χ0n) is 10.3. The lowest BCUT2D eigenvalue weighted by Crippen LogP contribution is -2.06. The summed E-state index contributed by atoms with van der Waals surface area (Å²) < 4.78 is 10.7. The summed E-state index contributed by atoms with van der Waals surface area (Å²) in [6, 6.07) is 0. The van der Waals surface area contributed by atoms with Crippen LogP contribution in [0.1, 0.15) is 51.9 Å². The van der Waals surface area contributed by atoms with E-state index in [0.29, 0.717) is 0 Å². The Morgan fingerprint density at radius 2 is 1.75 bits per heavy atom. The van der Waals surface area contributed by atoms with Gasteiger partial charge in [-0.3, -0.25) is 0 Å². The van der Waals surface area contributed by atoms with Crippen LogP contribution in [0.2, 0.25) is 0 Å². The SMILES string of the molecule is CC(C=O)CCCCCCCC1OCCO1. The van der Waals surface area contributed by atoms with Crippen LogP contribution < -0.4 is 0 Å². The Kier molecular flexibility index (Phi) is 7.43. The topological polar surface area (TPSA) is 35.5 Å². The van der Waals surface area contributed by atoms with Crippen LogP contribution >= 0.6 is 0 Å². The van der Waals surface area contributed by atoms with Gasteiger partial charge in [-0.05, 0) is 19.3 Å². The van der Waals surface area contributed by atoms with Crippen molar-refractivity contribution in [1.82, 2.24) is 0 Å².